The Morgan fingerprint density at radius 1 is 0.317 bits per heavy atom. The fourth-order valence-electron chi connectivity index (χ4n) is 16.0. The number of hydrogen-bond donors (Lipinski definition) is 23. The second kappa shape index (κ2) is 57.1. The lowest BCUT2D eigenvalue weighted by Crippen LogP contribution is -2.63. The van der Waals surface area contributed by atoms with Crippen LogP contribution in [0.3, 0.4) is 0 Å². The number of rotatable bonds is 59. The number of carboxylic acids is 2. The average molecular weight is 2020 g/mol. The molecule has 41 nitrogen and oxygen atoms in total. The van der Waals surface area contributed by atoms with Crippen LogP contribution in [0, 0.1) is 23.7 Å². The van der Waals surface area contributed by atoms with Gasteiger partial charge in [0.05, 0.1) is 25.4 Å². The molecule has 0 fully saturated rings. The van der Waals surface area contributed by atoms with Gasteiger partial charge in [-0.3, -0.25) is 86.3 Å². The number of aliphatic carboxylic acids is 2. The van der Waals surface area contributed by atoms with Crippen molar-refractivity contribution in [3.8, 4) is 0 Å². The van der Waals surface area contributed by atoms with Gasteiger partial charge in [-0.25, -0.2) is 4.79 Å². The minimum atomic E-state index is -1.98. The molecule has 778 valence electrons. The van der Waals surface area contributed by atoms with E-state index >= 15 is 28.8 Å². The molecule has 2 heterocycles. The Morgan fingerprint density at radius 3 is 1.02 bits per heavy atom. The first kappa shape index (κ1) is 115. The number of carbonyl (C=O) groups is 19. The highest BCUT2D eigenvalue weighted by molar-refractivity contribution is 7.80. The smallest absolute Gasteiger partial charge is 0.326 e. The summed E-state index contributed by atoms with van der Waals surface area (Å²) in [5.74, 6) is -22.7. The van der Waals surface area contributed by atoms with Gasteiger partial charge in [-0.15, -0.1) is 0 Å². The van der Waals surface area contributed by atoms with Gasteiger partial charge >= 0.3 is 11.9 Å². The summed E-state index contributed by atoms with van der Waals surface area (Å²) in [6.07, 6.45) is 0.820. The molecule has 145 heavy (non-hydrogen) atoms. The second-order valence-electron chi connectivity index (χ2n) is 36.3. The van der Waals surface area contributed by atoms with Crippen molar-refractivity contribution < 1.29 is 101 Å². The van der Waals surface area contributed by atoms with Gasteiger partial charge < -0.3 is 117 Å². The van der Waals surface area contributed by atoms with Crippen LogP contribution in [0.15, 0.2) is 182 Å². The molecule has 19 atom stereocenters. The quantitative estimate of drug-likeness (QED) is 0.0240. The number of carboxylic acid groups (broad SMARTS) is 2. The molecule has 25 N–H and O–H groups in total. The number of nitrogens with two attached hydrogens (primary N) is 3. The highest BCUT2D eigenvalue weighted by Crippen LogP contribution is 2.25. The van der Waals surface area contributed by atoms with Crippen molar-refractivity contribution in [2.24, 2.45) is 40.9 Å². The summed E-state index contributed by atoms with van der Waals surface area (Å²) >= 11 is 4.18. The molecule has 42 heteroatoms. The van der Waals surface area contributed by atoms with Crippen LogP contribution in [-0.4, -0.2) is 235 Å². The predicted molar refractivity (Wildman–Crippen MR) is 542 cm³/mol. The van der Waals surface area contributed by atoms with Gasteiger partial charge in [0.25, 0.3) is 0 Å². The molecular formula is C103H134N20O21S. The maximum atomic E-state index is 15.5. The number of amides is 17. The summed E-state index contributed by atoms with van der Waals surface area (Å²) in [6, 6.07) is 25.8. The van der Waals surface area contributed by atoms with E-state index in [1.807, 2.05) is 30.3 Å². The maximum absolute atomic E-state index is 15.5. The SMILES string of the molecule is CC[C@H](C)[C@H](NC(=O)CNC(=O)[C@H](CS)NC(=O)[C@H](CC(N)=O)NC(=O)[C@H](C)NC(=O)[C@H](CCC(N)=O)NC(=O)[C@@H](N)Cc1ccccc1)C(=O)N[C@@H](CC(=O)O)C(=O)N[C@@H](Cc1ccccc1)C(=O)N[C@H](C(=O)N[C@H](C(=O)N[C@@H](Cc1ccccc1)C(=O)N[C@@H](Cc1c[nH]c2ccccc12)C(=O)N[C@H](C(=O)N[C@@H](Cc1ccccc1)C(=O)N[C@@H](Cc1c[nH]c2ccccc12)C(=O)O)[C@@H](C)CC)[C@@H](C)CC)[C@@H](C)CC. The third-order valence-corrected chi connectivity index (χ3v) is 25.7. The van der Waals surface area contributed by atoms with Crippen molar-refractivity contribution in [3.05, 3.63) is 216 Å². The minimum absolute atomic E-state index is 0.0784. The number of aromatic nitrogens is 2. The van der Waals surface area contributed by atoms with Crippen LogP contribution in [0.4, 0.5) is 0 Å². The number of thiol groups is 1. The van der Waals surface area contributed by atoms with Gasteiger partial charge in [-0.2, -0.15) is 12.6 Å². The Balaban J connectivity index is 0.957. The Kier molecular flexibility index (Phi) is 45.2. The predicted octanol–water partition coefficient (Wildman–Crippen LogP) is 1.47. The van der Waals surface area contributed by atoms with Crippen LogP contribution in [0.5, 0.6) is 0 Å². The molecule has 0 aliphatic carbocycles. The molecule has 0 saturated heterocycles. The third-order valence-electron chi connectivity index (χ3n) is 25.4. The summed E-state index contributed by atoms with van der Waals surface area (Å²) in [5, 5.41) is 61.1. The summed E-state index contributed by atoms with van der Waals surface area (Å²) in [7, 11) is 0. The number of para-hydroxylation sites is 2. The summed E-state index contributed by atoms with van der Waals surface area (Å²) in [4.78, 5) is 273. The molecular weight excluding hydrogens is 1890 g/mol. The number of carbonyl (C=O) groups excluding carboxylic acids is 17. The number of nitrogens with one attached hydrogen (secondary N) is 17. The fourth-order valence-corrected chi connectivity index (χ4v) is 16.3. The fraction of sp³-hybridized carbons (Fsp3) is 0.427. The molecule has 8 aromatic rings. The molecule has 2 aromatic heterocycles. The first-order valence-corrected chi connectivity index (χ1v) is 48.9. The van der Waals surface area contributed by atoms with Crippen molar-refractivity contribution in [1.29, 1.82) is 0 Å². The summed E-state index contributed by atoms with van der Waals surface area (Å²) in [6.45, 7) is 13.8. The zero-order chi connectivity index (χ0) is 106. The Morgan fingerprint density at radius 2 is 0.628 bits per heavy atom. The molecule has 0 saturated carbocycles. The van der Waals surface area contributed by atoms with Crippen molar-refractivity contribution in [1.82, 2.24) is 89.7 Å². The minimum Gasteiger partial charge on any atom is -0.481 e. The molecule has 0 radical (unpaired) electrons. The van der Waals surface area contributed by atoms with E-state index in [2.05, 4.69) is 102 Å². The normalized spacial score (nSPS) is 15.1. The molecule has 0 unspecified atom stereocenters. The monoisotopic (exact) mass is 2020 g/mol. The van der Waals surface area contributed by atoms with E-state index in [9.17, 15) is 72.5 Å². The topological polar surface area (TPSA) is 655 Å². The van der Waals surface area contributed by atoms with Crippen LogP contribution < -0.4 is 97.0 Å². The standard InChI is InChI=1S/C103H134N20O21S/c1-10-56(5)85(120-83(126)54-109-91(131)80(55-145)119-95(135)77(50-82(106)125)112-89(129)60(9)110-92(132)72(42-43-81(105)124)111-90(130)69(104)44-61-30-18-14-19-31-61)99(139)117-78(51-84(127)128)96(136)113-75(47-64-36-24-17-25-37-64)97(137)122-88(59(8)13-4)102(142)123-87(58(7)12-3)101(141)115-73(45-62-32-20-15-21-33-62)93(133)114-76(48-65-52-107-70-40-28-26-38-67(65)70)98(138)121-86(57(6)11-2)100(140)116-74(46-63-34-22-16-23-35-63)94(134)118-79(103(143)144)49-66-53-108-71-41-29-27-39-68(66)71/h14-41,52-53,56-60,69,72-80,85-88,107-108,145H,10-13,42-51,54-55,104H2,1-9H3,(H2,105,124)(H2,106,125)(H,109,131)(H,110,132)(H,111,130)(H,112,129)(H,113,136)(H,114,133)(H,115,141)(H,116,140)(H,117,139)(H,118,134)(H,119,135)(H,120,126)(H,121,138)(H,122,137)(H,123,142)(H,127,128)(H,143,144)/t56-,57-,58-,59-,60-,69-,72-,73-,74-,75-,76-,77-,78-,79-,80-,85-,86-,87-,88-/m0/s1. The highest BCUT2D eigenvalue weighted by atomic mass is 32.1. The van der Waals surface area contributed by atoms with E-state index in [4.69, 9.17) is 17.2 Å². The van der Waals surface area contributed by atoms with E-state index in [-0.39, 0.29) is 70.6 Å². The van der Waals surface area contributed by atoms with Crippen LogP contribution >= 0.6 is 12.6 Å². The lowest BCUT2D eigenvalue weighted by Gasteiger charge is -2.31. The van der Waals surface area contributed by atoms with Crippen LogP contribution in [0.2, 0.25) is 0 Å². The van der Waals surface area contributed by atoms with E-state index in [1.165, 1.54) is 13.8 Å². The van der Waals surface area contributed by atoms with Crippen molar-refractivity contribution in [2.45, 2.75) is 243 Å². The number of fused-ring (bicyclic) bond motifs is 2. The summed E-state index contributed by atoms with van der Waals surface area (Å²) in [5.41, 5.74) is 21.9. The number of aromatic amines is 2. The number of benzene rings is 6. The maximum Gasteiger partial charge on any atom is 0.326 e. The Hall–Kier alpha value is -15.4. The second-order valence-corrected chi connectivity index (χ2v) is 36.7. The summed E-state index contributed by atoms with van der Waals surface area (Å²) < 4.78 is 0. The van der Waals surface area contributed by atoms with E-state index < -0.39 is 252 Å². The Labute approximate surface area is 845 Å². The lowest BCUT2D eigenvalue weighted by atomic mass is 9.94. The number of primary amides is 2. The lowest BCUT2D eigenvalue weighted by molar-refractivity contribution is -0.142. The number of hydrogen-bond acceptors (Lipinski definition) is 21. The molecule has 0 bridgehead atoms. The first-order valence-electron chi connectivity index (χ1n) is 48.3. The van der Waals surface area contributed by atoms with E-state index in [1.54, 1.807) is 200 Å². The van der Waals surface area contributed by atoms with Gasteiger partial charge in [-0.05, 0) is 89.0 Å². The molecule has 0 spiro atoms. The molecule has 0 aliphatic heterocycles. The van der Waals surface area contributed by atoms with Gasteiger partial charge in [0, 0.05) is 78.5 Å². The molecule has 8 rings (SSSR count). The molecule has 6 aromatic carbocycles. The van der Waals surface area contributed by atoms with E-state index in [0.717, 1.165) is 10.9 Å². The first-order chi connectivity index (χ1) is 69.1. The van der Waals surface area contributed by atoms with Crippen LogP contribution in [0.1, 0.15) is 147 Å². The highest BCUT2D eigenvalue weighted by Gasteiger charge is 2.42. The van der Waals surface area contributed by atoms with Gasteiger partial charge in [0.15, 0.2) is 0 Å². The van der Waals surface area contributed by atoms with Crippen LogP contribution in [0.25, 0.3) is 21.8 Å². The molecule has 0 aliphatic rings. The Bertz CT molecular complexity index is 5820. The zero-order valence-corrected chi connectivity index (χ0v) is 83.3. The van der Waals surface area contributed by atoms with Crippen molar-refractivity contribution in [2.75, 3.05) is 12.3 Å². The molecule has 17 amide bonds. The van der Waals surface area contributed by atoms with Crippen molar-refractivity contribution in [3.63, 3.8) is 0 Å². The van der Waals surface area contributed by atoms with Gasteiger partial charge in [0.1, 0.15) is 84.6 Å². The third kappa shape index (κ3) is 35.6. The van der Waals surface area contributed by atoms with Gasteiger partial charge in [-0.1, -0.05) is 239 Å². The van der Waals surface area contributed by atoms with Gasteiger partial charge in [0.2, 0.25) is 100 Å². The van der Waals surface area contributed by atoms with E-state index in [0.29, 0.717) is 50.7 Å². The van der Waals surface area contributed by atoms with Crippen LogP contribution in [-0.2, 0) is 130 Å². The van der Waals surface area contributed by atoms with Crippen molar-refractivity contribution >= 4 is 147 Å². The largest absolute Gasteiger partial charge is 0.481 e. The number of H-pyrrole nitrogens is 2. The zero-order valence-electron chi connectivity index (χ0n) is 82.4. The average Bonchev–Trinajstić information content (AvgIpc) is 1.68.